The van der Waals surface area contributed by atoms with Gasteiger partial charge in [0.1, 0.15) is 6.54 Å². The van der Waals surface area contributed by atoms with Gasteiger partial charge >= 0.3 is 0 Å². The van der Waals surface area contributed by atoms with Gasteiger partial charge in [-0.1, -0.05) is 24.3 Å². The number of rotatable bonds is 3. The fourth-order valence-corrected chi connectivity index (χ4v) is 4.72. The molecule has 0 spiro atoms. The summed E-state index contributed by atoms with van der Waals surface area (Å²) in [4.78, 5) is 33.8. The number of anilines is 1. The summed E-state index contributed by atoms with van der Waals surface area (Å²) in [5.74, 6) is 0.0753. The summed E-state index contributed by atoms with van der Waals surface area (Å²) >= 11 is 0. The number of benzene rings is 2. The Labute approximate surface area is 186 Å². The molecule has 0 N–H and O–H groups in total. The largest absolute Gasteiger partial charge is 0.368 e. The van der Waals surface area contributed by atoms with E-state index in [0.717, 1.165) is 29.7 Å². The average Bonchev–Trinajstić information content (AvgIpc) is 3.09. The van der Waals surface area contributed by atoms with Crippen molar-refractivity contribution in [2.24, 2.45) is 0 Å². The van der Waals surface area contributed by atoms with Crippen molar-refractivity contribution in [2.45, 2.75) is 27.3 Å². The van der Waals surface area contributed by atoms with Crippen LogP contribution in [0.2, 0.25) is 0 Å². The SMILES string of the molecule is Cc1cccc(N2CCN(C(=O)Cn3c4ccccc4c4nc(=O)cc(C)n43)CC2)c1C. The molecule has 0 atom stereocenters. The molecule has 2 aromatic heterocycles. The molecule has 7 heteroatoms. The van der Waals surface area contributed by atoms with Crippen LogP contribution in [-0.2, 0) is 11.3 Å². The minimum atomic E-state index is -0.265. The van der Waals surface area contributed by atoms with Gasteiger partial charge in [0.25, 0.3) is 5.56 Å². The summed E-state index contributed by atoms with van der Waals surface area (Å²) in [7, 11) is 0. The molecule has 1 saturated heterocycles. The molecule has 0 bridgehead atoms. The molecule has 164 valence electrons. The minimum Gasteiger partial charge on any atom is -0.368 e. The highest BCUT2D eigenvalue weighted by atomic mass is 16.2. The number of nitrogens with zero attached hydrogens (tertiary/aromatic N) is 5. The topological polar surface area (TPSA) is 62.9 Å². The highest BCUT2D eigenvalue weighted by Gasteiger charge is 2.24. The molecular formula is C25H27N5O2. The summed E-state index contributed by atoms with van der Waals surface area (Å²) in [5, 5.41) is 0.876. The van der Waals surface area contributed by atoms with Gasteiger partial charge in [0.2, 0.25) is 5.91 Å². The quantitative estimate of drug-likeness (QED) is 0.502. The van der Waals surface area contributed by atoms with Gasteiger partial charge in [0.15, 0.2) is 5.65 Å². The van der Waals surface area contributed by atoms with E-state index in [-0.39, 0.29) is 18.0 Å². The van der Waals surface area contributed by atoms with E-state index in [2.05, 4.69) is 41.9 Å². The molecule has 3 heterocycles. The summed E-state index contributed by atoms with van der Waals surface area (Å²) in [6.07, 6.45) is 0. The van der Waals surface area contributed by atoms with Crippen molar-refractivity contribution in [3.05, 3.63) is 75.7 Å². The van der Waals surface area contributed by atoms with Crippen LogP contribution in [0.5, 0.6) is 0 Å². The van der Waals surface area contributed by atoms with Crippen LogP contribution in [0.15, 0.2) is 53.3 Å². The van der Waals surface area contributed by atoms with Crippen molar-refractivity contribution in [2.75, 3.05) is 31.1 Å². The Morgan fingerprint density at radius 2 is 1.72 bits per heavy atom. The molecule has 5 rings (SSSR count). The molecular weight excluding hydrogens is 402 g/mol. The Morgan fingerprint density at radius 1 is 0.969 bits per heavy atom. The molecule has 1 aliphatic heterocycles. The van der Waals surface area contributed by atoms with Gasteiger partial charge in [0, 0.05) is 49.0 Å². The second-order valence-electron chi connectivity index (χ2n) is 8.53. The number of aromatic nitrogens is 3. The molecule has 1 amide bonds. The van der Waals surface area contributed by atoms with Crippen molar-refractivity contribution < 1.29 is 4.79 Å². The molecule has 32 heavy (non-hydrogen) atoms. The van der Waals surface area contributed by atoms with Crippen molar-refractivity contribution in [1.29, 1.82) is 0 Å². The number of carbonyl (C=O) groups excluding carboxylic acids is 1. The van der Waals surface area contributed by atoms with E-state index in [1.165, 1.54) is 22.9 Å². The number of hydrogen-bond acceptors (Lipinski definition) is 4. The van der Waals surface area contributed by atoms with Gasteiger partial charge in [-0.2, -0.15) is 4.98 Å². The zero-order valence-corrected chi connectivity index (χ0v) is 18.7. The third kappa shape index (κ3) is 3.34. The van der Waals surface area contributed by atoms with Gasteiger partial charge in [-0.15, -0.1) is 0 Å². The lowest BCUT2D eigenvalue weighted by Crippen LogP contribution is -2.50. The maximum atomic E-state index is 13.3. The van der Waals surface area contributed by atoms with Crippen LogP contribution in [0.1, 0.15) is 16.8 Å². The van der Waals surface area contributed by atoms with E-state index in [1.54, 1.807) is 0 Å². The molecule has 2 aromatic carbocycles. The molecule has 0 unspecified atom stereocenters. The Balaban J connectivity index is 1.40. The van der Waals surface area contributed by atoms with Crippen LogP contribution in [-0.4, -0.2) is 51.2 Å². The zero-order valence-electron chi connectivity index (χ0n) is 18.7. The van der Waals surface area contributed by atoms with E-state index in [4.69, 9.17) is 0 Å². The first kappa shape index (κ1) is 20.3. The van der Waals surface area contributed by atoms with Gasteiger partial charge in [-0.05, 0) is 50.1 Å². The molecule has 1 fully saturated rings. The Morgan fingerprint density at radius 3 is 2.50 bits per heavy atom. The number of para-hydroxylation sites is 1. The normalized spacial score (nSPS) is 14.5. The minimum absolute atomic E-state index is 0.0753. The highest BCUT2D eigenvalue weighted by molar-refractivity contribution is 5.93. The van der Waals surface area contributed by atoms with Crippen molar-refractivity contribution in [3.63, 3.8) is 0 Å². The smallest absolute Gasteiger partial charge is 0.273 e. The first-order chi connectivity index (χ1) is 15.4. The third-order valence-corrected chi connectivity index (χ3v) is 6.58. The number of hydrogen-bond donors (Lipinski definition) is 0. The second kappa shape index (κ2) is 7.82. The first-order valence-corrected chi connectivity index (χ1v) is 11.0. The monoisotopic (exact) mass is 429 g/mol. The summed E-state index contributed by atoms with van der Waals surface area (Å²) in [5.41, 5.74) is 5.84. The van der Waals surface area contributed by atoms with Gasteiger partial charge in [-0.3, -0.25) is 14.3 Å². The maximum Gasteiger partial charge on any atom is 0.273 e. The fraction of sp³-hybridized carbons (Fsp3) is 0.320. The van der Waals surface area contributed by atoms with Crippen LogP contribution in [0.3, 0.4) is 0 Å². The zero-order chi connectivity index (χ0) is 22.4. The van der Waals surface area contributed by atoms with Crippen LogP contribution in [0.25, 0.3) is 16.6 Å². The van der Waals surface area contributed by atoms with Crippen LogP contribution in [0, 0.1) is 20.8 Å². The van der Waals surface area contributed by atoms with Gasteiger partial charge in [0.05, 0.1) is 5.52 Å². The predicted molar refractivity (Wildman–Crippen MR) is 126 cm³/mol. The number of carbonyl (C=O) groups is 1. The molecule has 1 aliphatic rings. The molecule has 0 aliphatic carbocycles. The highest BCUT2D eigenvalue weighted by Crippen LogP contribution is 2.25. The third-order valence-electron chi connectivity index (χ3n) is 6.58. The number of amides is 1. The van der Waals surface area contributed by atoms with E-state index in [0.29, 0.717) is 18.7 Å². The average molecular weight is 430 g/mol. The molecule has 0 saturated carbocycles. The molecule has 4 aromatic rings. The summed E-state index contributed by atoms with van der Waals surface area (Å²) in [6.45, 7) is 9.39. The number of fused-ring (bicyclic) bond motifs is 3. The molecule has 0 radical (unpaired) electrons. The van der Waals surface area contributed by atoms with Crippen molar-refractivity contribution in [3.8, 4) is 0 Å². The lowest BCUT2D eigenvalue weighted by Gasteiger charge is -2.37. The second-order valence-corrected chi connectivity index (χ2v) is 8.53. The Bertz CT molecular complexity index is 1390. The first-order valence-electron chi connectivity index (χ1n) is 11.0. The Hall–Kier alpha value is -3.61. The van der Waals surface area contributed by atoms with E-state index < -0.39 is 0 Å². The van der Waals surface area contributed by atoms with Crippen LogP contribution >= 0.6 is 0 Å². The van der Waals surface area contributed by atoms with Crippen molar-refractivity contribution in [1.82, 2.24) is 19.1 Å². The standard InChI is InChI=1S/C25H27N5O2/c1-17-7-6-10-21(19(17)3)27-11-13-28(14-12-27)24(32)16-29-22-9-5-4-8-20(22)25-26-23(31)15-18(2)30(25)29/h4-10,15H,11-14,16H2,1-3H3. The lowest BCUT2D eigenvalue weighted by atomic mass is 10.1. The van der Waals surface area contributed by atoms with Crippen LogP contribution < -0.4 is 10.5 Å². The summed E-state index contributed by atoms with van der Waals surface area (Å²) in [6, 6.07) is 15.7. The van der Waals surface area contributed by atoms with Crippen LogP contribution in [0.4, 0.5) is 5.69 Å². The molecule has 7 nitrogen and oxygen atoms in total. The van der Waals surface area contributed by atoms with E-state index in [1.807, 2.05) is 45.3 Å². The number of aryl methyl sites for hydroxylation is 2. The summed E-state index contributed by atoms with van der Waals surface area (Å²) < 4.78 is 3.82. The Kier molecular flexibility index (Phi) is 4.96. The fourth-order valence-electron chi connectivity index (χ4n) is 4.72. The lowest BCUT2D eigenvalue weighted by molar-refractivity contribution is -0.132. The van der Waals surface area contributed by atoms with E-state index >= 15 is 0 Å². The maximum absolute atomic E-state index is 13.3. The van der Waals surface area contributed by atoms with Gasteiger partial charge in [-0.25, -0.2) is 4.52 Å². The van der Waals surface area contributed by atoms with Gasteiger partial charge < -0.3 is 9.80 Å². The predicted octanol–water partition coefficient (Wildman–Crippen LogP) is 2.92. The number of piperazine rings is 1. The van der Waals surface area contributed by atoms with E-state index in [9.17, 15) is 9.59 Å². The van der Waals surface area contributed by atoms with Crippen molar-refractivity contribution >= 4 is 28.1 Å².